The Labute approximate surface area is 174 Å². The minimum Gasteiger partial charge on any atom is -0.466 e. The van der Waals surface area contributed by atoms with Gasteiger partial charge < -0.3 is 14.2 Å². The Hall–Kier alpha value is -3.60. The summed E-state index contributed by atoms with van der Waals surface area (Å²) in [4.78, 5) is 24.4. The van der Waals surface area contributed by atoms with E-state index in [2.05, 4.69) is 5.32 Å². The van der Waals surface area contributed by atoms with Crippen LogP contribution in [0.5, 0.6) is 0 Å². The SMILES string of the molecule is CC(=O)c1cc(CCC(=O)NC(c2ccccc2)c2cc3ccccc3o2)oc1C. The number of furan rings is 2. The molecule has 0 aliphatic carbocycles. The average Bonchev–Trinajstić information content (AvgIpc) is 3.34. The number of benzene rings is 2. The molecule has 1 N–H and O–H groups in total. The second-order valence-corrected chi connectivity index (χ2v) is 7.34. The molecule has 0 aliphatic rings. The van der Waals surface area contributed by atoms with Crippen molar-refractivity contribution in [2.75, 3.05) is 0 Å². The highest BCUT2D eigenvalue weighted by Gasteiger charge is 2.21. The van der Waals surface area contributed by atoms with Gasteiger partial charge in [0.15, 0.2) is 5.78 Å². The average molecular weight is 401 g/mol. The Balaban J connectivity index is 1.52. The Kier molecular flexibility index (Phi) is 5.53. The third-order valence-electron chi connectivity index (χ3n) is 5.11. The van der Waals surface area contributed by atoms with Crippen LogP contribution in [0.4, 0.5) is 0 Å². The molecule has 0 radical (unpaired) electrons. The molecule has 1 atom stereocenters. The fourth-order valence-corrected chi connectivity index (χ4v) is 3.60. The number of hydrogen-bond donors (Lipinski definition) is 1. The van der Waals surface area contributed by atoms with E-state index in [9.17, 15) is 9.59 Å². The van der Waals surface area contributed by atoms with Crippen LogP contribution in [0.1, 0.15) is 52.6 Å². The first-order valence-corrected chi connectivity index (χ1v) is 9.94. The summed E-state index contributed by atoms with van der Waals surface area (Å²) in [7, 11) is 0. The Morgan fingerprint density at radius 3 is 2.40 bits per heavy atom. The van der Waals surface area contributed by atoms with Crippen LogP contribution < -0.4 is 5.32 Å². The lowest BCUT2D eigenvalue weighted by molar-refractivity contribution is -0.121. The van der Waals surface area contributed by atoms with Gasteiger partial charge in [-0.15, -0.1) is 0 Å². The van der Waals surface area contributed by atoms with Crippen molar-refractivity contribution in [3.63, 3.8) is 0 Å². The van der Waals surface area contributed by atoms with Crippen molar-refractivity contribution in [2.24, 2.45) is 0 Å². The van der Waals surface area contributed by atoms with E-state index in [4.69, 9.17) is 8.83 Å². The number of para-hydroxylation sites is 1. The minimum atomic E-state index is -0.391. The Morgan fingerprint density at radius 2 is 1.70 bits per heavy atom. The molecule has 30 heavy (non-hydrogen) atoms. The number of carbonyl (C=O) groups is 2. The van der Waals surface area contributed by atoms with Gasteiger partial charge in [-0.05, 0) is 37.6 Å². The molecular formula is C25H23NO4. The highest BCUT2D eigenvalue weighted by atomic mass is 16.3. The molecule has 0 saturated carbocycles. The van der Waals surface area contributed by atoms with Crippen LogP contribution in [0.25, 0.3) is 11.0 Å². The quantitative estimate of drug-likeness (QED) is 0.422. The maximum atomic E-state index is 12.8. The molecule has 2 aromatic heterocycles. The van der Waals surface area contributed by atoms with Crippen LogP contribution in [0.3, 0.4) is 0 Å². The summed E-state index contributed by atoms with van der Waals surface area (Å²) < 4.78 is 11.6. The number of rotatable bonds is 7. The topological polar surface area (TPSA) is 72.5 Å². The summed E-state index contributed by atoms with van der Waals surface area (Å²) in [5.74, 6) is 1.74. The zero-order valence-corrected chi connectivity index (χ0v) is 17.0. The summed E-state index contributed by atoms with van der Waals surface area (Å²) in [5.41, 5.74) is 2.29. The van der Waals surface area contributed by atoms with Crippen molar-refractivity contribution in [1.82, 2.24) is 5.32 Å². The number of Topliss-reactive ketones (excluding diaryl/α,β-unsaturated/α-hetero) is 1. The van der Waals surface area contributed by atoms with Gasteiger partial charge in [0.2, 0.25) is 5.91 Å². The Morgan fingerprint density at radius 1 is 0.967 bits per heavy atom. The predicted molar refractivity (Wildman–Crippen MR) is 114 cm³/mol. The van der Waals surface area contributed by atoms with Gasteiger partial charge in [0.05, 0.1) is 5.56 Å². The molecule has 4 rings (SSSR count). The van der Waals surface area contributed by atoms with E-state index in [0.29, 0.717) is 29.3 Å². The molecule has 0 aliphatic heterocycles. The second kappa shape index (κ2) is 8.41. The number of amides is 1. The van der Waals surface area contributed by atoms with Crippen LogP contribution in [-0.4, -0.2) is 11.7 Å². The van der Waals surface area contributed by atoms with Crippen molar-refractivity contribution in [2.45, 2.75) is 32.7 Å². The molecule has 1 amide bonds. The fraction of sp³-hybridized carbons (Fsp3) is 0.200. The molecule has 5 nitrogen and oxygen atoms in total. The second-order valence-electron chi connectivity index (χ2n) is 7.34. The molecule has 1 unspecified atom stereocenters. The number of aryl methyl sites for hydroxylation is 2. The van der Waals surface area contributed by atoms with Gasteiger partial charge >= 0.3 is 0 Å². The third kappa shape index (κ3) is 4.20. The highest BCUT2D eigenvalue weighted by Crippen LogP contribution is 2.28. The Bertz CT molecular complexity index is 1150. The number of nitrogens with one attached hydrogen (secondary N) is 1. The van der Waals surface area contributed by atoms with Crippen molar-refractivity contribution in [3.05, 3.63) is 95.1 Å². The van der Waals surface area contributed by atoms with Gasteiger partial charge in [-0.3, -0.25) is 9.59 Å². The van der Waals surface area contributed by atoms with Gasteiger partial charge in [-0.1, -0.05) is 48.5 Å². The van der Waals surface area contributed by atoms with Gasteiger partial charge in [-0.2, -0.15) is 0 Å². The molecule has 5 heteroatoms. The van der Waals surface area contributed by atoms with Gasteiger partial charge in [0, 0.05) is 18.2 Å². The van der Waals surface area contributed by atoms with Gasteiger partial charge in [-0.25, -0.2) is 0 Å². The molecule has 0 fully saturated rings. The first kappa shape index (κ1) is 19.7. The van der Waals surface area contributed by atoms with Crippen LogP contribution in [0.2, 0.25) is 0 Å². The van der Waals surface area contributed by atoms with Crippen molar-refractivity contribution < 1.29 is 18.4 Å². The van der Waals surface area contributed by atoms with E-state index in [-0.39, 0.29) is 18.1 Å². The largest absolute Gasteiger partial charge is 0.466 e. The molecule has 0 saturated heterocycles. The monoisotopic (exact) mass is 401 g/mol. The van der Waals surface area contributed by atoms with E-state index in [1.807, 2.05) is 60.7 Å². The highest BCUT2D eigenvalue weighted by molar-refractivity contribution is 5.95. The standard InChI is InChI=1S/C25H23NO4/c1-16(27)21-15-20(29-17(21)2)12-13-24(28)26-25(18-8-4-3-5-9-18)23-14-19-10-6-7-11-22(19)30-23/h3-11,14-15,25H,12-13H2,1-2H3,(H,26,28). The van der Waals surface area contributed by atoms with E-state index >= 15 is 0 Å². The van der Waals surface area contributed by atoms with E-state index < -0.39 is 6.04 Å². The lowest BCUT2D eigenvalue weighted by Gasteiger charge is -2.17. The number of ketones is 1. The third-order valence-corrected chi connectivity index (χ3v) is 5.11. The van der Waals surface area contributed by atoms with Crippen molar-refractivity contribution in [1.29, 1.82) is 0 Å². The van der Waals surface area contributed by atoms with E-state index in [1.54, 1.807) is 13.0 Å². The van der Waals surface area contributed by atoms with Gasteiger partial charge in [0.1, 0.15) is 28.9 Å². The number of fused-ring (bicyclic) bond motifs is 1. The van der Waals surface area contributed by atoms with Crippen LogP contribution in [0.15, 0.2) is 75.6 Å². The maximum absolute atomic E-state index is 12.8. The minimum absolute atomic E-state index is 0.0408. The van der Waals surface area contributed by atoms with Crippen LogP contribution >= 0.6 is 0 Å². The molecule has 152 valence electrons. The fourth-order valence-electron chi connectivity index (χ4n) is 3.60. The van der Waals surface area contributed by atoms with Crippen molar-refractivity contribution >= 4 is 22.7 Å². The first-order chi connectivity index (χ1) is 14.5. The lowest BCUT2D eigenvalue weighted by Crippen LogP contribution is -2.29. The summed E-state index contributed by atoms with van der Waals surface area (Å²) in [6.07, 6.45) is 0.662. The molecular weight excluding hydrogens is 378 g/mol. The summed E-state index contributed by atoms with van der Waals surface area (Å²) in [6.45, 7) is 3.26. The zero-order chi connectivity index (χ0) is 21.1. The van der Waals surface area contributed by atoms with Crippen molar-refractivity contribution in [3.8, 4) is 0 Å². The van der Waals surface area contributed by atoms with E-state index in [1.165, 1.54) is 6.92 Å². The predicted octanol–water partition coefficient (Wildman–Crippen LogP) is 5.38. The lowest BCUT2D eigenvalue weighted by atomic mass is 10.0. The van der Waals surface area contributed by atoms with Gasteiger partial charge in [0.25, 0.3) is 0 Å². The summed E-state index contributed by atoms with van der Waals surface area (Å²) in [5, 5.41) is 4.07. The molecule has 2 aromatic carbocycles. The summed E-state index contributed by atoms with van der Waals surface area (Å²) in [6, 6.07) is 20.8. The zero-order valence-electron chi connectivity index (χ0n) is 17.0. The molecule has 4 aromatic rings. The summed E-state index contributed by atoms with van der Waals surface area (Å²) >= 11 is 0. The van der Waals surface area contributed by atoms with Crippen LogP contribution in [-0.2, 0) is 11.2 Å². The number of carbonyl (C=O) groups excluding carboxylic acids is 2. The molecule has 2 heterocycles. The smallest absolute Gasteiger partial charge is 0.221 e. The van der Waals surface area contributed by atoms with Crippen LogP contribution in [0, 0.1) is 6.92 Å². The molecule has 0 spiro atoms. The maximum Gasteiger partial charge on any atom is 0.221 e. The number of hydrogen-bond acceptors (Lipinski definition) is 4. The van der Waals surface area contributed by atoms with E-state index in [0.717, 1.165) is 16.5 Å². The normalized spacial score (nSPS) is 12.1. The molecule has 0 bridgehead atoms. The first-order valence-electron chi connectivity index (χ1n) is 9.94.